The van der Waals surface area contributed by atoms with Gasteiger partial charge >= 0.3 is 5.69 Å². The molecule has 0 atom stereocenters. The molecule has 2 aromatic carbocycles. The second kappa shape index (κ2) is 10.8. The number of amides is 1. The number of fused-ring (bicyclic) bond motifs is 2. The number of carbonyl (C=O) groups is 1. The molecule has 0 aliphatic heterocycles. The lowest BCUT2D eigenvalue weighted by Crippen LogP contribution is -2.39. The Labute approximate surface area is 233 Å². The Morgan fingerprint density at radius 1 is 1.00 bits per heavy atom. The molecule has 3 aromatic heterocycles. The molecule has 40 heavy (non-hydrogen) atoms. The van der Waals surface area contributed by atoms with Crippen molar-refractivity contribution in [2.45, 2.75) is 44.7 Å². The molecule has 204 valence electrons. The number of nitrogens with one attached hydrogen (secondary N) is 1. The third kappa shape index (κ3) is 4.97. The summed E-state index contributed by atoms with van der Waals surface area (Å²) in [6.07, 6.45) is 2.91. The minimum atomic E-state index is -2.87. The predicted octanol–water partition coefficient (Wildman–Crippen LogP) is 6.32. The molecule has 1 aliphatic carbocycles. The van der Waals surface area contributed by atoms with E-state index in [-0.39, 0.29) is 28.2 Å². The molecule has 3 heterocycles. The van der Waals surface area contributed by atoms with E-state index in [1.165, 1.54) is 6.07 Å². The highest BCUT2D eigenvalue weighted by atomic mass is 35.5. The number of hydrogen-bond donors (Lipinski definition) is 1. The fourth-order valence-electron chi connectivity index (χ4n) is 5.65. The van der Waals surface area contributed by atoms with Crippen molar-refractivity contribution in [3.8, 4) is 5.69 Å². The summed E-state index contributed by atoms with van der Waals surface area (Å²) in [6.45, 7) is 0.551. The van der Waals surface area contributed by atoms with Crippen LogP contribution in [0.2, 0.25) is 5.02 Å². The van der Waals surface area contributed by atoms with Crippen molar-refractivity contribution in [2.75, 3.05) is 0 Å². The fraction of sp³-hybridized carbons (Fsp3) is 0.267. The molecule has 5 aromatic rings. The van der Waals surface area contributed by atoms with Crippen molar-refractivity contribution >= 4 is 39.4 Å². The van der Waals surface area contributed by atoms with Gasteiger partial charge < -0.3 is 5.32 Å². The van der Waals surface area contributed by atoms with Crippen LogP contribution in [0.4, 0.5) is 8.78 Å². The molecule has 1 aliphatic rings. The topological polar surface area (TPSA) is 81.8 Å². The third-order valence-corrected chi connectivity index (χ3v) is 7.85. The molecular weight excluding hydrogens is 536 g/mol. The molecule has 1 saturated carbocycles. The summed E-state index contributed by atoms with van der Waals surface area (Å²) in [5.41, 5.74) is 2.47. The molecule has 1 N–H and O–H groups in total. The van der Waals surface area contributed by atoms with Crippen LogP contribution in [0.25, 0.3) is 27.6 Å². The van der Waals surface area contributed by atoms with Gasteiger partial charge in [0.25, 0.3) is 12.3 Å². The molecule has 0 bridgehead atoms. The van der Waals surface area contributed by atoms with Crippen LogP contribution in [-0.4, -0.2) is 31.1 Å². The number of carbonyl (C=O) groups excluding carboxylic acids is 1. The Balaban J connectivity index is 1.19. The lowest BCUT2D eigenvalue weighted by atomic mass is 9.85. The Hall–Kier alpha value is -4.11. The summed E-state index contributed by atoms with van der Waals surface area (Å²) in [5, 5.41) is 3.96. The minimum absolute atomic E-state index is 0.104. The van der Waals surface area contributed by atoms with Crippen LogP contribution >= 0.6 is 11.6 Å². The maximum absolute atomic E-state index is 13.8. The summed E-state index contributed by atoms with van der Waals surface area (Å²) < 4.78 is 30.3. The molecule has 0 radical (unpaired) electrons. The predicted molar refractivity (Wildman–Crippen MR) is 150 cm³/mol. The first-order valence-electron chi connectivity index (χ1n) is 13.2. The van der Waals surface area contributed by atoms with Crippen LogP contribution in [0.3, 0.4) is 0 Å². The minimum Gasteiger partial charge on any atom is -0.349 e. The smallest absolute Gasteiger partial charge is 0.333 e. The van der Waals surface area contributed by atoms with Crippen LogP contribution in [-0.2, 0) is 6.54 Å². The largest absolute Gasteiger partial charge is 0.349 e. The molecule has 1 fully saturated rings. The highest BCUT2D eigenvalue weighted by Crippen LogP contribution is 2.29. The van der Waals surface area contributed by atoms with Crippen LogP contribution in [0.1, 0.15) is 48.2 Å². The number of para-hydroxylation sites is 2. The van der Waals surface area contributed by atoms with Crippen molar-refractivity contribution in [1.82, 2.24) is 24.4 Å². The van der Waals surface area contributed by atoms with E-state index in [1.54, 1.807) is 10.8 Å². The Morgan fingerprint density at radius 2 is 1.77 bits per heavy atom. The Kier molecular flexibility index (Phi) is 7.06. The summed E-state index contributed by atoms with van der Waals surface area (Å²) in [7, 11) is 0. The van der Waals surface area contributed by atoms with Gasteiger partial charge in [0.2, 0.25) is 0 Å². The molecule has 1 amide bonds. The van der Waals surface area contributed by atoms with Gasteiger partial charge in [-0.25, -0.2) is 13.6 Å². The molecule has 6 rings (SSSR count). The number of rotatable bonds is 6. The van der Waals surface area contributed by atoms with Crippen molar-refractivity contribution in [3.05, 3.63) is 99.8 Å². The second-order valence-electron chi connectivity index (χ2n) is 10.2. The van der Waals surface area contributed by atoms with E-state index in [4.69, 9.17) is 11.6 Å². The van der Waals surface area contributed by atoms with E-state index in [0.29, 0.717) is 19.4 Å². The van der Waals surface area contributed by atoms with Gasteiger partial charge in [-0.2, -0.15) is 0 Å². The quantitative estimate of drug-likeness (QED) is 0.263. The lowest BCUT2D eigenvalue weighted by Gasteiger charge is -2.29. The zero-order valence-electron chi connectivity index (χ0n) is 21.4. The van der Waals surface area contributed by atoms with Crippen LogP contribution in [0.15, 0.2) is 77.9 Å². The molecule has 0 saturated heterocycles. The van der Waals surface area contributed by atoms with E-state index < -0.39 is 18.0 Å². The standard InChI is InChI=1S/C30H26ClF2N5O2/c31-20-15-23(27(28(32)33)35-16-20)29(39)36-21-9-7-18(8-10-21)17-37-25-5-1-2-6-26(25)38(30(37)40)22-11-12-24-19(14-22)4-3-13-34-24/h1-6,11-16,18,21,28H,7-10,17H2,(H,36,39). The first-order chi connectivity index (χ1) is 19.4. The number of alkyl halides is 2. The van der Waals surface area contributed by atoms with Crippen LogP contribution in [0.5, 0.6) is 0 Å². The summed E-state index contributed by atoms with van der Waals surface area (Å²) in [4.78, 5) is 34.6. The van der Waals surface area contributed by atoms with Crippen molar-refractivity contribution in [1.29, 1.82) is 0 Å². The van der Waals surface area contributed by atoms with Gasteiger partial charge in [0.15, 0.2) is 0 Å². The fourth-order valence-corrected chi connectivity index (χ4v) is 5.81. The summed E-state index contributed by atoms with van der Waals surface area (Å²) in [5.74, 6) is -0.367. The molecule has 7 nitrogen and oxygen atoms in total. The SMILES string of the molecule is O=C(NC1CCC(Cn2c(=O)n(-c3ccc4ncccc4c3)c3ccccc32)CC1)c1cc(Cl)cnc1C(F)F. The van der Waals surface area contributed by atoms with Crippen LogP contribution in [0, 0.1) is 5.92 Å². The zero-order valence-corrected chi connectivity index (χ0v) is 22.2. The maximum Gasteiger partial charge on any atom is 0.333 e. The lowest BCUT2D eigenvalue weighted by molar-refractivity contribution is 0.0904. The van der Waals surface area contributed by atoms with Gasteiger partial charge in [-0.05, 0) is 74.1 Å². The highest BCUT2D eigenvalue weighted by Gasteiger charge is 2.27. The highest BCUT2D eigenvalue weighted by molar-refractivity contribution is 6.30. The number of halogens is 3. The second-order valence-corrected chi connectivity index (χ2v) is 10.6. The summed E-state index contributed by atoms with van der Waals surface area (Å²) in [6, 6.07) is 18.5. The van der Waals surface area contributed by atoms with E-state index in [2.05, 4.69) is 15.3 Å². The molecule has 10 heteroatoms. The molecular formula is C30H26ClF2N5O2. The number of imidazole rings is 1. The van der Waals surface area contributed by atoms with Crippen molar-refractivity contribution in [2.24, 2.45) is 5.92 Å². The van der Waals surface area contributed by atoms with Gasteiger partial charge in [0, 0.05) is 30.4 Å². The number of nitrogens with zero attached hydrogens (tertiary/aromatic N) is 4. The van der Waals surface area contributed by atoms with Gasteiger partial charge in [0.1, 0.15) is 5.69 Å². The number of aromatic nitrogens is 4. The summed E-state index contributed by atoms with van der Waals surface area (Å²) >= 11 is 5.91. The first-order valence-corrected chi connectivity index (χ1v) is 13.6. The van der Waals surface area contributed by atoms with Gasteiger partial charge in [0.05, 0.1) is 32.8 Å². The average molecular weight is 562 g/mol. The van der Waals surface area contributed by atoms with E-state index in [0.717, 1.165) is 46.7 Å². The number of benzene rings is 2. The van der Waals surface area contributed by atoms with Gasteiger partial charge in [-0.1, -0.05) is 29.8 Å². The van der Waals surface area contributed by atoms with E-state index in [9.17, 15) is 18.4 Å². The average Bonchev–Trinajstić information content (AvgIpc) is 3.24. The molecule has 0 spiro atoms. The number of pyridine rings is 2. The third-order valence-electron chi connectivity index (χ3n) is 7.64. The Bertz CT molecular complexity index is 1780. The van der Waals surface area contributed by atoms with Gasteiger partial charge in [-0.15, -0.1) is 0 Å². The van der Waals surface area contributed by atoms with Crippen molar-refractivity contribution < 1.29 is 13.6 Å². The van der Waals surface area contributed by atoms with E-state index >= 15 is 0 Å². The van der Waals surface area contributed by atoms with Gasteiger partial charge in [-0.3, -0.25) is 23.9 Å². The van der Waals surface area contributed by atoms with Crippen molar-refractivity contribution in [3.63, 3.8) is 0 Å². The first kappa shape index (κ1) is 26.1. The van der Waals surface area contributed by atoms with Crippen LogP contribution < -0.4 is 11.0 Å². The normalized spacial score (nSPS) is 17.5. The number of hydrogen-bond acceptors (Lipinski definition) is 4. The molecule has 0 unspecified atom stereocenters. The monoisotopic (exact) mass is 561 g/mol. The van der Waals surface area contributed by atoms with E-state index in [1.807, 2.05) is 59.2 Å². The maximum atomic E-state index is 13.8. The Morgan fingerprint density at radius 3 is 2.55 bits per heavy atom. The zero-order chi connectivity index (χ0) is 27.8.